The number of alkyl halides is 3. The fourth-order valence-electron chi connectivity index (χ4n) is 1.41. The molecule has 0 aliphatic carbocycles. The third kappa shape index (κ3) is 3.34. The molecule has 19 heavy (non-hydrogen) atoms. The Morgan fingerprint density at radius 2 is 1.68 bits per heavy atom. The largest absolute Gasteiger partial charge is 0.497 e. The molecule has 0 radical (unpaired) electrons. The highest BCUT2D eigenvalue weighted by Gasteiger charge is 2.30. The molecule has 0 spiro atoms. The molecule has 0 aliphatic heterocycles. The van der Waals surface area contributed by atoms with Gasteiger partial charge in [-0.1, -0.05) is 0 Å². The topological polar surface area (TPSA) is 47.0 Å². The summed E-state index contributed by atoms with van der Waals surface area (Å²) in [7, 11) is 1.49. The summed E-state index contributed by atoms with van der Waals surface area (Å²) < 4.78 is 42.6. The van der Waals surface area contributed by atoms with Crippen LogP contribution in [0.15, 0.2) is 36.7 Å². The Hall–Kier alpha value is -2.31. The molecule has 4 nitrogen and oxygen atoms in total. The highest BCUT2D eigenvalue weighted by atomic mass is 19.4. The number of hydrogen-bond donors (Lipinski definition) is 1. The second-order valence-electron chi connectivity index (χ2n) is 3.63. The van der Waals surface area contributed by atoms with Crippen molar-refractivity contribution in [3.05, 3.63) is 42.2 Å². The molecule has 100 valence electrons. The number of hydrogen-bond acceptors (Lipinski definition) is 4. The summed E-state index contributed by atoms with van der Waals surface area (Å²) in [6.45, 7) is 0. The molecule has 0 atom stereocenters. The van der Waals surface area contributed by atoms with Gasteiger partial charge in [0.05, 0.1) is 12.7 Å². The van der Waals surface area contributed by atoms with Crippen LogP contribution in [0.5, 0.6) is 5.75 Å². The van der Waals surface area contributed by atoms with Gasteiger partial charge in [0.15, 0.2) is 0 Å². The normalized spacial score (nSPS) is 11.2. The zero-order chi connectivity index (χ0) is 13.9. The van der Waals surface area contributed by atoms with E-state index in [-0.39, 0.29) is 5.82 Å². The highest BCUT2D eigenvalue weighted by Crippen LogP contribution is 2.30. The zero-order valence-electron chi connectivity index (χ0n) is 9.90. The maximum atomic E-state index is 12.5. The van der Waals surface area contributed by atoms with Crippen LogP contribution in [0.2, 0.25) is 0 Å². The van der Waals surface area contributed by atoms with E-state index in [1.807, 2.05) is 0 Å². The van der Waals surface area contributed by atoms with Crippen LogP contribution in [0, 0.1) is 0 Å². The number of nitrogens with zero attached hydrogens (tertiary/aromatic N) is 2. The average Bonchev–Trinajstić information content (AvgIpc) is 2.38. The molecule has 0 saturated heterocycles. The van der Waals surface area contributed by atoms with Crippen LogP contribution < -0.4 is 10.1 Å². The molecular formula is C12H10F3N3O. The number of rotatable bonds is 3. The van der Waals surface area contributed by atoms with Crippen molar-refractivity contribution in [1.29, 1.82) is 0 Å². The number of anilines is 2. The van der Waals surface area contributed by atoms with Crippen molar-refractivity contribution in [2.45, 2.75) is 6.18 Å². The van der Waals surface area contributed by atoms with E-state index >= 15 is 0 Å². The number of nitrogens with one attached hydrogen (secondary N) is 1. The number of ether oxygens (including phenoxy) is 1. The van der Waals surface area contributed by atoms with Crippen LogP contribution in [0.1, 0.15) is 5.56 Å². The lowest BCUT2D eigenvalue weighted by Gasteiger charge is -2.09. The van der Waals surface area contributed by atoms with E-state index < -0.39 is 11.7 Å². The molecule has 2 heterocycles. The lowest BCUT2D eigenvalue weighted by molar-refractivity contribution is -0.137. The van der Waals surface area contributed by atoms with Crippen LogP contribution in [-0.2, 0) is 6.18 Å². The fraction of sp³-hybridized carbons (Fsp3) is 0.167. The van der Waals surface area contributed by atoms with Gasteiger partial charge in [-0.25, -0.2) is 9.97 Å². The van der Waals surface area contributed by atoms with Gasteiger partial charge in [0.25, 0.3) is 0 Å². The quantitative estimate of drug-likeness (QED) is 0.929. The number of methoxy groups -OCH3 is 1. The lowest BCUT2D eigenvalue weighted by atomic mass is 10.2. The molecule has 0 aliphatic rings. The first-order chi connectivity index (χ1) is 8.99. The molecule has 0 bridgehead atoms. The Kier molecular flexibility index (Phi) is 3.55. The first-order valence-corrected chi connectivity index (χ1v) is 5.29. The van der Waals surface area contributed by atoms with Gasteiger partial charge in [-0.2, -0.15) is 13.2 Å². The Morgan fingerprint density at radius 1 is 1.05 bits per heavy atom. The first kappa shape index (κ1) is 13.1. The molecule has 7 heteroatoms. The zero-order valence-corrected chi connectivity index (χ0v) is 9.90. The third-order valence-electron chi connectivity index (χ3n) is 2.31. The van der Waals surface area contributed by atoms with E-state index in [1.54, 1.807) is 12.1 Å². The Morgan fingerprint density at radius 3 is 2.32 bits per heavy atom. The second-order valence-corrected chi connectivity index (χ2v) is 3.63. The van der Waals surface area contributed by atoms with E-state index in [0.29, 0.717) is 11.6 Å². The molecule has 2 aromatic rings. The van der Waals surface area contributed by atoms with Crippen molar-refractivity contribution in [3.63, 3.8) is 0 Å². The van der Waals surface area contributed by atoms with Crippen molar-refractivity contribution in [3.8, 4) is 5.75 Å². The van der Waals surface area contributed by atoms with E-state index in [2.05, 4.69) is 15.3 Å². The van der Waals surface area contributed by atoms with Gasteiger partial charge in [0, 0.05) is 18.5 Å². The number of aromatic nitrogens is 2. The number of pyridine rings is 2. The molecular weight excluding hydrogens is 259 g/mol. The average molecular weight is 269 g/mol. The molecule has 0 unspecified atom stereocenters. The smallest absolute Gasteiger partial charge is 0.416 e. The summed E-state index contributed by atoms with van der Waals surface area (Å²) in [6, 6.07) is 5.01. The van der Waals surface area contributed by atoms with Gasteiger partial charge >= 0.3 is 6.18 Å². The minimum atomic E-state index is -4.40. The Balaban J connectivity index is 2.23. The van der Waals surface area contributed by atoms with Gasteiger partial charge < -0.3 is 10.1 Å². The fourth-order valence-corrected chi connectivity index (χ4v) is 1.41. The summed E-state index contributed by atoms with van der Waals surface area (Å²) in [4.78, 5) is 7.77. The highest BCUT2D eigenvalue weighted by molar-refractivity contribution is 5.54. The van der Waals surface area contributed by atoms with Gasteiger partial charge in [-0.3, -0.25) is 0 Å². The van der Waals surface area contributed by atoms with Crippen molar-refractivity contribution < 1.29 is 17.9 Å². The van der Waals surface area contributed by atoms with Gasteiger partial charge in [-0.15, -0.1) is 0 Å². The van der Waals surface area contributed by atoms with Gasteiger partial charge in [0.2, 0.25) is 0 Å². The van der Waals surface area contributed by atoms with Crippen LogP contribution in [0.4, 0.5) is 24.8 Å². The SMILES string of the molecule is COc1ccnc(Nc2cc(C(F)(F)F)ccn2)c1. The summed E-state index contributed by atoms with van der Waals surface area (Å²) in [5.74, 6) is 0.964. The molecule has 0 fully saturated rings. The monoisotopic (exact) mass is 269 g/mol. The summed E-state index contributed by atoms with van der Waals surface area (Å²) in [5, 5.41) is 2.69. The van der Waals surface area contributed by atoms with Crippen molar-refractivity contribution in [1.82, 2.24) is 9.97 Å². The molecule has 1 N–H and O–H groups in total. The second kappa shape index (κ2) is 5.13. The molecule has 0 amide bonds. The van der Waals surface area contributed by atoms with Crippen molar-refractivity contribution >= 4 is 11.6 Å². The van der Waals surface area contributed by atoms with E-state index in [1.165, 1.54) is 13.3 Å². The predicted molar refractivity (Wildman–Crippen MR) is 63.3 cm³/mol. The van der Waals surface area contributed by atoms with E-state index in [4.69, 9.17) is 4.74 Å². The maximum Gasteiger partial charge on any atom is 0.416 e. The molecule has 2 rings (SSSR count). The minimum absolute atomic E-state index is 0.0654. The molecule has 2 aromatic heterocycles. The van der Waals surface area contributed by atoms with Crippen LogP contribution in [-0.4, -0.2) is 17.1 Å². The van der Waals surface area contributed by atoms with Crippen LogP contribution in [0.3, 0.4) is 0 Å². The number of halogens is 3. The van der Waals surface area contributed by atoms with E-state index in [9.17, 15) is 13.2 Å². The molecule has 0 saturated carbocycles. The van der Waals surface area contributed by atoms with E-state index in [0.717, 1.165) is 18.3 Å². The van der Waals surface area contributed by atoms with Gasteiger partial charge in [-0.05, 0) is 18.2 Å². The molecule has 0 aromatic carbocycles. The van der Waals surface area contributed by atoms with Crippen LogP contribution >= 0.6 is 0 Å². The lowest BCUT2D eigenvalue weighted by Crippen LogP contribution is -2.06. The maximum absolute atomic E-state index is 12.5. The predicted octanol–water partition coefficient (Wildman–Crippen LogP) is 3.25. The summed E-state index contributed by atoms with van der Waals surface area (Å²) in [6.07, 6.45) is -1.83. The third-order valence-corrected chi connectivity index (χ3v) is 2.31. The van der Waals surface area contributed by atoms with Crippen molar-refractivity contribution in [2.75, 3.05) is 12.4 Å². The Bertz CT molecular complexity index is 572. The standard InChI is InChI=1S/C12H10F3N3O/c1-19-9-3-5-17-11(7-9)18-10-6-8(2-4-16-10)12(13,14)15/h2-7H,1H3,(H,16,17,18). The summed E-state index contributed by atoms with van der Waals surface area (Å²) in [5.41, 5.74) is -0.770. The summed E-state index contributed by atoms with van der Waals surface area (Å²) >= 11 is 0. The Labute approximate surface area is 107 Å². The van der Waals surface area contributed by atoms with Crippen LogP contribution in [0.25, 0.3) is 0 Å². The van der Waals surface area contributed by atoms with Crippen molar-refractivity contribution in [2.24, 2.45) is 0 Å². The first-order valence-electron chi connectivity index (χ1n) is 5.29. The minimum Gasteiger partial charge on any atom is -0.497 e. The van der Waals surface area contributed by atoms with Gasteiger partial charge in [0.1, 0.15) is 17.4 Å².